The van der Waals surface area contributed by atoms with Crippen LogP contribution in [0.25, 0.3) is 0 Å². The average Bonchev–Trinajstić information content (AvgIpc) is 2.65. The third kappa shape index (κ3) is 5.01. The number of hydrogen-bond acceptors (Lipinski definition) is 4. The Morgan fingerprint density at radius 2 is 2.03 bits per heavy atom. The first-order chi connectivity index (χ1) is 14.4. The van der Waals surface area contributed by atoms with Crippen LogP contribution in [0.3, 0.4) is 0 Å². The van der Waals surface area contributed by atoms with Gasteiger partial charge in [0.2, 0.25) is 0 Å². The minimum Gasteiger partial charge on any atom is -0.507 e. The van der Waals surface area contributed by atoms with E-state index in [0.29, 0.717) is 29.7 Å². The summed E-state index contributed by atoms with van der Waals surface area (Å²) in [5.41, 5.74) is 1.52. The van der Waals surface area contributed by atoms with Crippen LogP contribution < -0.4 is 4.74 Å². The second-order valence-corrected chi connectivity index (χ2v) is 9.23. The van der Waals surface area contributed by atoms with Crippen molar-refractivity contribution in [3.8, 4) is 11.5 Å². The number of esters is 1. The van der Waals surface area contributed by atoms with Crippen molar-refractivity contribution in [1.29, 1.82) is 0 Å². The molecule has 3 rings (SSSR count). The van der Waals surface area contributed by atoms with Crippen LogP contribution in [-0.2, 0) is 11.2 Å². The Kier molecular flexibility index (Phi) is 6.63. The normalized spacial score (nSPS) is 22.1. The molecule has 31 heavy (non-hydrogen) atoms. The summed E-state index contributed by atoms with van der Waals surface area (Å²) in [4.78, 5) is 12.7. The fourth-order valence-electron chi connectivity index (χ4n) is 4.86. The first-order valence-electron chi connectivity index (χ1n) is 10.9. The summed E-state index contributed by atoms with van der Waals surface area (Å²) in [5.74, 6) is -0.926. The Morgan fingerprint density at radius 1 is 1.32 bits per heavy atom. The molecule has 0 unspecified atom stereocenters. The molecule has 1 N–H and O–H groups in total. The van der Waals surface area contributed by atoms with Gasteiger partial charge in [-0.25, -0.2) is 4.79 Å². The summed E-state index contributed by atoms with van der Waals surface area (Å²) in [6, 6.07) is 1.72. The molecule has 1 aliphatic heterocycles. The van der Waals surface area contributed by atoms with Crippen LogP contribution >= 0.6 is 0 Å². The Balaban J connectivity index is 2.08. The zero-order valence-corrected chi connectivity index (χ0v) is 18.6. The van der Waals surface area contributed by atoms with Gasteiger partial charge in [-0.15, -0.1) is 0 Å². The van der Waals surface area contributed by atoms with Gasteiger partial charge in [0.25, 0.3) is 0 Å². The highest BCUT2D eigenvalue weighted by atomic mass is 19.4. The number of aryl methyl sites for hydroxylation is 1. The molecule has 0 saturated carbocycles. The quantitative estimate of drug-likeness (QED) is 0.314. The van der Waals surface area contributed by atoms with Gasteiger partial charge in [-0.1, -0.05) is 31.4 Å². The number of carbonyl (C=O) groups is 1. The van der Waals surface area contributed by atoms with Crippen molar-refractivity contribution < 1.29 is 32.5 Å². The van der Waals surface area contributed by atoms with E-state index in [1.165, 1.54) is 5.57 Å². The first-order valence-corrected chi connectivity index (χ1v) is 10.9. The molecule has 4 nitrogen and oxygen atoms in total. The number of rotatable bonds is 6. The van der Waals surface area contributed by atoms with E-state index < -0.39 is 24.4 Å². The Morgan fingerprint density at radius 3 is 2.68 bits per heavy atom. The van der Waals surface area contributed by atoms with Crippen molar-refractivity contribution in [2.24, 2.45) is 5.92 Å². The lowest BCUT2D eigenvalue weighted by Crippen LogP contribution is -2.45. The number of fused-ring (bicyclic) bond motifs is 3. The number of hydrogen-bond donors (Lipinski definition) is 1. The van der Waals surface area contributed by atoms with Gasteiger partial charge in [-0.2, -0.15) is 13.2 Å². The molecular weight excluding hydrogens is 409 g/mol. The van der Waals surface area contributed by atoms with E-state index in [4.69, 9.17) is 4.74 Å². The molecule has 0 radical (unpaired) electrons. The zero-order chi connectivity index (χ0) is 23.0. The van der Waals surface area contributed by atoms with Gasteiger partial charge >= 0.3 is 12.1 Å². The monoisotopic (exact) mass is 440 g/mol. The number of phenolic OH excluding ortho intramolecular Hbond substituents is 1. The van der Waals surface area contributed by atoms with Gasteiger partial charge in [0.05, 0.1) is 0 Å². The lowest BCUT2D eigenvalue weighted by Gasteiger charge is -2.47. The molecule has 0 amide bonds. The molecule has 7 heteroatoms. The summed E-state index contributed by atoms with van der Waals surface area (Å²) < 4.78 is 48.7. The number of ether oxygens (including phenoxy) is 2. The fourth-order valence-corrected chi connectivity index (χ4v) is 4.86. The van der Waals surface area contributed by atoms with Gasteiger partial charge in [0, 0.05) is 17.4 Å². The number of unbranched alkanes of at least 4 members (excludes halogenated alkanes) is 2. The Bertz CT molecular complexity index is 871. The second-order valence-electron chi connectivity index (χ2n) is 9.23. The lowest BCUT2D eigenvalue weighted by molar-refractivity contribution is -0.161. The molecule has 2 aliphatic rings. The van der Waals surface area contributed by atoms with Crippen molar-refractivity contribution in [3.63, 3.8) is 0 Å². The fraction of sp³-hybridized carbons (Fsp3) is 0.625. The predicted octanol–water partition coefficient (Wildman–Crippen LogP) is 6.45. The first kappa shape index (κ1) is 23.5. The van der Waals surface area contributed by atoms with Crippen molar-refractivity contribution in [1.82, 2.24) is 0 Å². The van der Waals surface area contributed by atoms with Crippen LogP contribution in [0.5, 0.6) is 11.5 Å². The number of aromatic hydroxyl groups is 1. The number of alkyl halides is 3. The SMILES string of the molecule is CCCCCc1cc2c(c(O)c1C(=O)OCC(F)(F)F)[C@@H]1CC(C)=CC[C@H]1C(C)(C)O2. The number of halogens is 3. The predicted molar refractivity (Wildman–Crippen MR) is 112 cm³/mol. The standard InChI is InChI=1S/C24H31F3O4/c1-5-6-7-8-15-12-18-20(21(28)19(15)22(29)30-13-24(25,26)27)16-11-14(2)9-10-17(16)23(3,4)31-18/h9,12,16-17,28H,5-8,10-11,13H2,1-4H3/t16-,17-/m1/s1. The van der Waals surface area contributed by atoms with Gasteiger partial charge in [-0.05, 0) is 58.1 Å². The molecule has 1 heterocycles. The van der Waals surface area contributed by atoms with Gasteiger partial charge in [0.15, 0.2) is 6.61 Å². The largest absolute Gasteiger partial charge is 0.507 e. The summed E-state index contributed by atoms with van der Waals surface area (Å²) in [6.45, 7) is 6.40. The molecule has 1 aliphatic carbocycles. The van der Waals surface area contributed by atoms with Crippen LogP contribution in [0, 0.1) is 5.92 Å². The van der Waals surface area contributed by atoms with Crippen molar-refractivity contribution in [2.75, 3.05) is 6.61 Å². The van der Waals surface area contributed by atoms with Gasteiger partial charge < -0.3 is 14.6 Å². The van der Waals surface area contributed by atoms with Crippen LogP contribution in [0.2, 0.25) is 0 Å². The van der Waals surface area contributed by atoms with E-state index >= 15 is 0 Å². The van der Waals surface area contributed by atoms with E-state index in [1.807, 2.05) is 27.7 Å². The molecule has 0 aromatic heterocycles. The van der Waals surface area contributed by atoms with Crippen LogP contribution in [0.4, 0.5) is 13.2 Å². The van der Waals surface area contributed by atoms with E-state index in [-0.39, 0.29) is 23.1 Å². The maximum atomic E-state index is 12.7. The molecule has 172 valence electrons. The lowest BCUT2D eigenvalue weighted by atomic mass is 9.66. The topological polar surface area (TPSA) is 55.8 Å². The molecule has 1 aromatic rings. The van der Waals surface area contributed by atoms with Crippen LogP contribution in [0.1, 0.15) is 87.2 Å². The summed E-state index contributed by atoms with van der Waals surface area (Å²) >= 11 is 0. The molecule has 0 saturated heterocycles. The smallest absolute Gasteiger partial charge is 0.422 e. The van der Waals surface area contributed by atoms with E-state index in [1.54, 1.807) is 6.07 Å². The maximum absolute atomic E-state index is 12.7. The maximum Gasteiger partial charge on any atom is 0.422 e. The second kappa shape index (κ2) is 8.75. The van der Waals surface area contributed by atoms with Crippen molar-refractivity contribution in [2.45, 2.75) is 83.9 Å². The molecule has 2 atom stereocenters. The molecule has 0 spiro atoms. The zero-order valence-electron chi connectivity index (χ0n) is 18.6. The van der Waals surface area contributed by atoms with Crippen molar-refractivity contribution >= 4 is 5.97 Å². The number of carbonyl (C=O) groups excluding carboxylic acids is 1. The van der Waals surface area contributed by atoms with E-state index in [2.05, 4.69) is 10.8 Å². The number of phenols is 1. The van der Waals surface area contributed by atoms with Crippen molar-refractivity contribution in [3.05, 3.63) is 34.4 Å². The highest BCUT2D eigenvalue weighted by molar-refractivity contribution is 5.95. The Hall–Kier alpha value is -2.18. The molecule has 1 aromatic carbocycles. The van der Waals surface area contributed by atoms with Crippen LogP contribution in [0.15, 0.2) is 17.7 Å². The Labute approximate surface area is 181 Å². The molecular formula is C24H31F3O4. The highest BCUT2D eigenvalue weighted by Gasteiger charge is 2.47. The molecule has 0 fully saturated rings. The van der Waals surface area contributed by atoms with Gasteiger partial charge in [-0.3, -0.25) is 0 Å². The number of allylic oxidation sites excluding steroid dienone is 2. The summed E-state index contributed by atoms with van der Waals surface area (Å²) in [5, 5.41) is 11.2. The number of benzene rings is 1. The summed E-state index contributed by atoms with van der Waals surface area (Å²) in [6.07, 6.45) is 2.03. The van der Waals surface area contributed by atoms with E-state index in [9.17, 15) is 23.1 Å². The average molecular weight is 441 g/mol. The van der Waals surface area contributed by atoms with Crippen LogP contribution in [-0.4, -0.2) is 29.5 Å². The molecule has 0 bridgehead atoms. The third-order valence-electron chi connectivity index (χ3n) is 6.39. The van der Waals surface area contributed by atoms with E-state index in [0.717, 1.165) is 25.7 Å². The van der Waals surface area contributed by atoms with Gasteiger partial charge in [0.1, 0.15) is 22.7 Å². The summed E-state index contributed by atoms with van der Waals surface area (Å²) in [7, 11) is 0. The highest BCUT2D eigenvalue weighted by Crippen LogP contribution is 2.55. The third-order valence-corrected chi connectivity index (χ3v) is 6.39. The minimum absolute atomic E-state index is 0.0809. The minimum atomic E-state index is -4.63.